The quantitative estimate of drug-likeness (QED) is 0.797. The lowest BCUT2D eigenvalue weighted by atomic mass is 10.1. The SMILES string of the molecule is Cc1cc(C)c(C(N)=S)c(NCC(F)F)n1. The molecule has 0 bridgehead atoms. The molecule has 0 aliphatic carbocycles. The number of nitrogens with two attached hydrogens (primary N) is 1. The summed E-state index contributed by atoms with van der Waals surface area (Å²) in [4.78, 5) is 4.27. The van der Waals surface area contributed by atoms with Gasteiger partial charge in [0.25, 0.3) is 6.43 Å². The zero-order valence-corrected chi connectivity index (χ0v) is 9.87. The largest absolute Gasteiger partial charge is 0.389 e. The second-order valence-electron chi connectivity index (χ2n) is 3.44. The van der Waals surface area contributed by atoms with Crippen LogP contribution in [0.3, 0.4) is 0 Å². The van der Waals surface area contributed by atoms with Crippen molar-refractivity contribution in [1.82, 2.24) is 4.98 Å². The molecule has 1 heterocycles. The van der Waals surface area contributed by atoms with Gasteiger partial charge in [-0.2, -0.15) is 0 Å². The zero-order chi connectivity index (χ0) is 12.3. The van der Waals surface area contributed by atoms with Crippen molar-refractivity contribution in [3.05, 3.63) is 22.9 Å². The second kappa shape index (κ2) is 5.16. The minimum Gasteiger partial charge on any atom is -0.389 e. The number of aromatic nitrogens is 1. The Hall–Kier alpha value is -1.30. The number of hydrogen-bond donors (Lipinski definition) is 2. The molecule has 0 saturated carbocycles. The molecule has 1 aromatic heterocycles. The van der Waals surface area contributed by atoms with Gasteiger partial charge in [-0.3, -0.25) is 0 Å². The lowest BCUT2D eigenvalue weighted by Crippen LogP contribution is -2.19. The maximum absolute atomic E-state index is 12.1. The minimum atomic E-state index is -2.44. The maximum atomic E-state index is 12.1. The molecule has 0 amide bonds. The zero-order valence-electron chi connectivity index (χ0n) is 9.05. The van der Waals surface area contributed by atoms with Gasteiger partial charge in [0, 0.05) is 5.69 Å². The summed E-state index contributed by atoms with van der Waals surface area (Å²) < 4.78 is 24.2. The number of nitrogens with zero attached hydrogens (tertiary/aromatic N) is 1. The first-order chi connectivity index (χ1) is 7.41. The van der Waals surface area contributed by atoms with E-state index in [-0.39, 0.29) is 4.99 Å². The molecule has 6 heteroatoms. The molecule has 1 aromatic rings. The van der Waals surface area contributed by atoms with E-state index >= 15 is 0 Å². The van der Waals surface area contributed by atoms with Gasteiger partial charge in [0.2, 0.25) is 0 Å². The van der Waals surface area contributed by atoms with E-state index in [2.05, 4.69) is 10.3 Å². The Labute approximate surface area is 98.1 Å². The number of hydrogen-bond acceptors (Lipinski definition) is 3. The third-order valence-corrected chi connectivity index (χ3v) is 2.22. The van der Waals surface area contributed by atoms with E-state index in [4.69, 9.17) is 18.0 Å². The van der Waals surface area contributed by atoms with Gasteiger partial charge >= 0.3 is 0 Å². The molecule has 1 rings (SSSR count). The normalized spacial score (nSPS) is 10.6. The molecule has 0 aliphatic rings. The monoisotopic (exact) mass is 245 g/mol. The Morgan fingerprint density at radius 3 is 2.69 bits per heavy atom. The highest BCUT2D eigenvalue weighted by molar-refractivity contribution is 7.80. The molecule has 0 aliphatic heterocycles. The fourth-order valence-corrected chi connectivity index (χ4v) is 1.71. The average Bonchev–Trinajstić information content (AvgIpc) is 2.12. The summed E-state index contributed by atoms with van der Waals surface area (Å²) in [6.07, 6.45) is -2.44. The van der Waals surface area contributed by atoms with Crippen LogP contribution in [0.15, 0.2) is 6.07 Å². The molecule has 0 atom stereocenters. The van der Waals surface area contributed by atoms with E-state index in [0.29, 0.717) is 11.4 Å². The molecule has 16 heavy (non-hydrogen) atoms. The van der Waals surface area contributed by atoms with Gasteiger partial charge in [-0.1, -0.05) is 12.2 Å². The summed E-state index contributed by atoms with van der Waals surface area (Å²) in [6, 6.07) is 1.81. The van der Waals surface area contributed by atoms with Gasteiger partial charge < -0.3 is 11.1 Å². The van der Waals surface area contributed by atoms with Crippen LogP contribution in [0.5, 0.6) is 0 Å². The highest BCUT2D eigenvalue weighted by Gasteiger charge is 2.12. The highest BCUT2D eigenvalue weighted by atomic mass is 32.1. The van der Waals surface area contributed by atoms with Crippen molar-refractivity contribution in [2.24, 2.45) is 5.73 Å². The average molecular weight is 245 g/mol. The molecular weight excluding hydrogens is 232 g/mol. The third-order valence-electron chi connectivity index (χ3n) is 2.01. The van der Waals surface area contributed by atoms with Crippen LogP contribution < -0.4 is 11.1 Å². The van der Waals surface area contributed by atoms with E-state index in [1.165, 1.54) is 0 Å². The van der Waals surface area contributed by atoms with E-state index in [0.717, 1.165) is 11.3 Å². The van der Waals surface area contributed by atoms with Crippen LogP contribution in [0.2, 0.25) is 0 Å². The molecule has 0 saturated heterocycles. The first-order valence-corrected chi connectivity index (χ1v) is 5.12. The molecular formula is C10H13F2N3S. The summed E-state index contributed by atoms with van der Waals surface area (Å²) in [5.41, 5.74) is 7.63. The summed E-state index contributed by atoms with van der Waals surface area (Å²) >= 11 is 4.87. The van der Waals surface area contributed by atoms with Crippen molar-refractivity contribution in [2.45, 2.75) is 20.3 Å². The van der Waals surface area contributed by atoms with Crippen molar-refractivity contribution in [3.63, 3.8) is 0 Å². The van der Waals surface area contributed by atoms with Gasteiger partial charge in [-0.05, 0) is 25.5 Å². The van der Waals surface area contributed by atoms with Crippen LogP contribution >= 0.6 is 12.2 Å². The molecule has 0 spiro atoms. The number of nitrogens with one attached hydrogen (secondary N) is 1. The molecule has 0 radical (unpaired) electrons. The predicted molar refractivity (Wildman–Crippen MR) is 64.1 cm³/mol. The van der Waals surface area contributed by atoms with Crippen molar-refractivity contribution in [2.75, 3.05) is 11.9 Å². The first-order valence-electron chi connectivity index (χ1n) is 4.72. The Bertz CT molecular complexity index is 407. The van der Waals surface area contributed by atoms with E-state index in [9.17, 15) is 8.78 Å². The summed E-state index contributed by atoms with van der Waals surface area (Å²) in [6.45, 7) is 3.13. The summed E-state index contributed by atoms with van der Waals surface area (Å²) in [7, 11) is 0. The summed E-state index contributed by atoms with van der Waals surface area (Å²) in [5.74, 6) is 0.324. The molecule has 88 valence electrons. The standard InChI is InChI=1S/C10H13F2N3S/c1-5-3-6(2)15-10(8(5)9(13)16)14-4-7(11)12/h3,7H,4H2,1-2H3,(H2,13,16)(H,14,15). The number of anilines is 1. The van der Waals surface area contributed by atoms with E-state index in [1.807, 2.05) is 13.0 Å². The Morgan fingerprint density at radius 2 is 2.19 bits per heavy atom. The van der Waals surface area contributed by atoms with Crippen LogP contribution in [-0.4, -0.2) is 22.9 Å². The van der Waals surface area contributed by atoms with Crippen molar-refractivity contribution >= 4 is 23.0 Å². The number of alkyl halides is 2. The number of halogens is 2. The lowest BCUT2D eigenvalue weighted by molar-refractivity contribution is 0.163. The lowest BCUT2D eigenvalue weighted by Gasteiger charge is -2.13. The van der Waals surface area contributed by atoms with Crippen molar-refractivity contribution in [1.29, 1.82) is 0 Å². The Morgan fingerprint density at radius 1 is 1.56 bits per heavy atom. The van der Waals surface area contributed by atoms with Crippen LogP contribution in [0.4, 0.5) is 14.6 Å². The minimum absolute atomic E-state index is 0.154. The van der Waals surface area contributed by atoms with Gasteiger partial charge in [0.05, 0.1) is 12.1 Å². The second-order valence-corrected chi connectivity index (χ2v) is 3.88. The number of aryl methyl sites for hydroxylation is 2. The fraction of sp³-hybridized carbons (Fsp3) is 0.400. The van der Waals surface area contributed by atoms with Gasteiger partial charge in [0.15, 0.2) is 0 Å². The highest BCUT2D eigenvalue weighted by Crippen LogP contribution is 2.18. The van der Waals surface area contributed by atoms with Crippen LogP contribution in [-0.2, 0) is 0 Å². The summed E-state index contributed by atoms with van der Waals surface area (Å²) in [5, 5.41) is 2.55. The number of thiocarbonyl (C=S) groups is 1. The molecule has 3 nitrogen and oxygen atoms in total. The molecule has 0 aromatic carbocycles. The maximum Gasteiger partial charge on any atom is 0.255 e. The van der Waals surface area contributed by atoms with Gasteiger partial charge in [-0.25, -0.2) is 13.8 Å². The van der Waals surface area contributed by atoms with E-state index < -0.39 is 13.0 Å². The number of rotatable bonds is 4. The third kappa shape index (κ3) is 3.10. The Kier molecular flexibility index (Phi) is 4.12. The molecule has 0 unspecified atom stereocenters. The Balaban J connectivity index is 3.09. The first kappa shape index (κ1) is 12.8. The molecule has 3 N–H and O–H groups in total. The van der Waals surface area contributed by atoms with Crippen LogP contribution in [0.1, 0.15) is 16.8 Å². The fourth-order valence-electron chi connectivity index (χ4n) is 1.45. The van der Waals surface area contributed by atoms with Gasteiger partial charge in [0.1, 0.15) is 10.8 Å². The van der Waals surface area contributed by atoms with Crippen molar-refractivity contribution in [3.8, 4) is 0 Å². The van der Waals surface area contributed by atoms with Crippen molar-refractivity contribution < 1.29 is 8.78 Å². The van der Waals surface area contributed by atoms with Crippen LogP contribution in [0.25, 0.3) is 0 Å². The predicted octanol–water partition coefficient (Wildman–Crippen LogP) is 2.01. The van der Waals surface area contributed by atoms with Crippen LogP contribution in [0, 0.1) is 13.8 Å². The van der Waals surface area contributed by atoms with E-state index in [1.54, 1.807) is 6.92 Å². The molecule has 0 fully saturated rings. The number of pyridine rings is 1. The topological polar surface area (TPSA) is 50.9 Å². The van der Waals surface area contributed by atoms with Gasteiger partial charge in [-0.15, -0.1) is 0 Å². The smallest absolute Gasteiger partial charge is 0.255 e.